The van der Waals surface area contributed by atoms with E-state index in [2.05, 4.69) is 0 Å². The van der Waals surface area contributed by atoms with E-state index in [1.165, 1.54) is 48.5 Å². The van der Waals surface area contributed by atoms with Crippen LogP contribution in [-0.2, 0) is 18.9 Å². The molecule has 1 fully saturated rings. The van der Waals surface area contributed by atoms with Crippen molar-refractivity contribution >= 4 is 28.9 Å². The molecule has 1 N–H and O–H groups in total. The third kappa shape index (κ3) is 7.12. The number of rotatable bonds is 9. The lowest BCUT2D eigenvalue weighted by molar-refractivity contribution is -0.275. The van der Waals surface area contributed by atoms with Gasteiger partial charge in [0, 0.05) is 17.5 Å². The molecule has 4 aromatic carbocycles. The number of aliphatic hydroxyl groups excluding tert-OH is 1. The van der Waals surface area contributed by atoms with E-state index in [1.54, 1.807) is 73.7 Å². The number of fused-ring (bicyclic) bond motifs is 1. The van der Waals surface area contributed by atoms with Gasteiger partial charge in [-0.15, -0.1) is 0 Å². The van der Waals surface area contributed by atoms with Crippen LogP contribution in [0.2, 0.25) is 0 Å². The van der Waals surface area contributed by atoms with Gasteiger partial charge in [0.2, 0.25) is 12.4 Å². The molecule has 0 spiro atoms. The standard InChI is InChI=1S/C37H30O11/c1-22-19-30(39)44-28-20-26(17-18-27(22)28)43-37-33(48-36(42)25-15-9-4-10-16-25)32(47-35(41)24-13-7-3-8-14-24)31(29(21-38)45-37)46-34(40)23-11-5-2-6-12-23/h2-20,29,31-33,37-38H,21H2,1H3/t29?,31-,32?,33?,37+/m0/s1. The molecule has 1 saturated heterocycles. The van der Waals surface area contributed by atoms with Crippen LogP contribution in [0.3, 0.4) is 0 Å². The number of benzene rings is 4. The maximum Gasteiger partial charge on any atom is 0.338 e. The lowest BCUT2D eigenvalue weighted by Crippen LogP contribution is -2.63. The fraction of sp³-hybridized carbons (Fsp3) is 0.189. The fourth-order valence-corrected chi connectivity index (χ4v) is 5.33. The van der Waals surface area contributed by atoms with Crippen LogP contribution in [0.25, 0.3) is 11.0 Å². The van der Waals surface area contributed by atoms with Gasteiger partial charge in [-0.25, -0.2) is 19.2 Å². The first-order valence-corrected chi connectivity index (χ1v) is 15.1. The van der Waals surface area contributed by atoms with Crippen LogP contribution < -0.4 is 10.4 Å². The molecule has 244 valence electrons. The Labute approximate surface area is 274 Å². The van der Waals surface area contributed by atoms with Gasteiger partial charge in [0.15, 0.2) is 12.2 Å². The summed E-state index contributed by atoms with van der Waals surface area (Å²) < 4.78 is 35.4. The van der Waals surface area contributed by atoms with E-state index in [0.29, 0.717) is 10.9 Å². The van der Waals surface area contributed by atoms with Gasteiger partial charge in [-0.3, -0.25) is 0 Å². The summed E-state index contributed by atoms with van der Waals surface area (Å²) in [5.74, 6) is -2.28. The summed E-state index contributed by atoms with van der Waals surface area (Å²) in [5, 5.41) is 11.1. The number of esters is 3. The molecule has 0 aliphatic carbocycles. The largest absolute Gasteiger partial charge is 0.461 e. The van der Waals surface area contributed by atoms with Crippen molar-refractivity contribution < 1.29 is 47.6 Å². The van der Waals surface area contributed by atoms with Crippen LogP contribution in [0.5, 0.6) is 5.75 Å². The van der Waals surface area contributed by atoms with E-state index in [9.17, 15) is 24.3 Å². The molecule has 48 heavy (non-hydrogen) atoms. The molecule has 1 aliphatic heterocycles. The normalized spacial score (nSPS) is 20.4. The highest BCUT2D eigenvalue weighted by Gasteiger charge is 2.53. The topological polar surface area (TPSA) is 148 Å². The van der Waals surface area contributed by atoms with Crippen molar-refractivity contribution in [1.82, 2.24) is 0 Å². The summed E-state index contributed by atoms with van der Waals surface area (Å²) in [6.45, 7) is 1.06. The molecule has 11 heteroatoms. The van der Waals surface area contributed by atoms with E-state index < -0.39 is 60.8 Å². The van der Waals surface area contributed by atoms with Crippen LogP contribution in [0.1, 0.15) is 36.6 Å². The van der Waals surface area contributed by atoms with Crippen LogP contribution in [0.15, 0.2) is 124 Å². The van der Waals surface area contributed by atoms with Crippen LogP contribution >= 0.6 is 0 Å². The van der Waals surface area contributed by atoms with Crippen LogP contribution in [0.4, 0.5) is 0 Å². The Morgan fingerprint density at radius 2 is 1.17 bits per heavy atom. The molecule has 0 radical (unpaired) electrons. The zero-order valence-electron chi connectivity index (χ0n) is 25.6. The monoisotopic (exact) mass is 650 g/mol. The summed E-state index contributed by atoms with van der Waals surface area (Å²) in [4.78, 5) is 52.4. The lowest BCUT2D eigenvalue weighted by atomic mass is 9.97. The molecule has 2 heterocycles. The molecular formula is C37H30O11. The van der Waals surface area contributed by atoms with Crippen molar-refractivity contribution in [2.45, 2.75) is 37.6 Å². The maximum atomic E-state index is 13.5. The van der Waals surface area contributed by atoms with Gasteiger partial charge in [0.1, 0.15) is 17.4 Å². The first-order chi connectivity index (χ1) is 23.3. The summed E-state index contributed by atoms with van der Waals surface area (Å²) in [6, 6.07) is 30.3. The Morgan fingerprint density at radius 3 is 1.69 bits per heavy atom. The molecule has 1 aromatic heterocycles. The van der Waals surface area contributed by atoms with E-state index >= 15 is 0 Å². The number of aliphatic hydroxyl groups is 1. The van der Waals surface area contributed by atoms with E-state index in [0.717, 1.165) is 0 Å². The Morgan fingerprint density at radius 1 is 0.667 bits per heavy atom. The second-order valence-electron chi connectivity index (χ2n) is 11.0. The number of aryl methyl sites for hydroxylation is 1. The highest BCUT2D eigenvalue weighted by Crippen LogP contribution is 2.33. The predicted octanol–water partition coefficient (Wildman–Crippen LogP) is 4.87. The van der Waals surface area contributed by atoms with Crippen molar-refractivity contribution in [3.05, 3.63) is 148 Å². The van der Waals surface area contributed by atoms with Crippen molar-refractivity contribution in [3.8, 4) is 5.75 Å². The molecule has 3 unspecified atom stereocenters. The van der Waals surface area contributed by atoms with Crippen LogP contribution in [0, 0.1) is 6.92 Å². The summed E-state index contributed by atoms with van der Waals surface area (Å²) in [6.07, 6.45) is -7.34. The van der Waals surface area contributed by atoms with Gasteiger partial charge in [0.25, 0.3) is 0 Å². The van der Waals surface area contributed by atoms with Crippen molar-refractivity contribution in [2.75, 3.05) is 6.61 Å². The average molecular weight is 651 g/mol. The minimum atomic E-state index is -1.54. The third-order valence-corrected chi connectivity index (χ3v) is 7.70. The van der Waals surface area contributed by atoms with Crippen molar-refractivity contribution in [3.63, 3.8) is 0 Å². The zero-order chi connectivity index (χ0) is 33.6. The molecule has 0 saturated carbocycles. The van der Waals surface area contributed by atoms with Gasteiger partial charge in [-0.05, 0) is 61.0 Å². The minimum absolute atomic E-state index is 0.145. The molecule has 1 aliphatic rings. The van der Waals surface area contributed by atoms with E-state index in [1.807, 2.05) is 0 Å². The molecule has 0 amide bonds. The van der Waals surface area contributed by atoms with Gasteiger partial charge in [0.05, 0.1) is 23.3 Å². The van der Waals surface area contributed by atoms with Crippen LogP contribution in [-0.4, -0.2) is 60.3 Å². The van der Waals surface area contributed by atoms with Gasteiger partial charge in [-0.1, -0.05) is 54.6 Å². The zero-order valence-corrected chi connectivity index (χ0v) is 25.6. The summed E-state index contributed by atoms with van der Waals surface area (Å²) in [5.41, 5.74) is 0.889. The summed E-state index contributed by atoms with van der Waals surface area (Å²) >= 11 is 0. The molecule has 5 aromatic rings. The van der Waals surface area contributed by atoms with Crippen molar-refractivity contribution in [1.29, 1.82) is 0 Å². The Kier molecular flexibility index (Phi) is 9.60. The minimum Gasteiger partial charge on any atom is -0.461 e. The van der Waals surface area contributed by atoms with E-state index in [-0.39, 0.29) is 28.0 Å². The number of ether oxygens (including phenoxy) is 5. The van der Waals surface area contributed by atoms with Gasteiger partial charge in [-0.2, -0.15) is 0 Å². The quantitative estimate of drug-likeness (QED) is 0.132. The number of hydrogen-bond donors (Lipinski definition) is 1. The molecular weight excluding hydrogens is 620 g/mol. The van der Waals surface area contributed by atoms with Crippen molar-refractivity contribution in [2.24, 2.45) is 0 Å². The Balaban J connectivity index is 1.41. The second-order valence-corrected chi connectivity index (χ2v) is 11.0. The first kappa shape index (κ1) is 32.2. The second kappa shape index (κ2) is 14.3. The Bertz CT molecular complexity index is 1960. The molecule has 0 bridgehead atoms. The highest BCUT2D eigenvalue weighted by atomic mass is 16.7. The highest BCUT2D eigenvalue weighted by molar-refractivity contribution is 5.91. The first-order valence-electron chi connectivity index (χ1n) is 15.1. The number of hydrogen-bond acceptors (Lipinski definition) is 11. The van der Waals surface area contributed by atoms with Gasteiger partial charge < -0.3 is 33.2 Å². The smallest absolute Gasteiger partial charge is 0.338 e. The van der Waals surface area contributed by atoms with E-state index in [4.69, 9.17) is 28.1 Å². The fourth-order valence-electron chi connectivity index (χ4n) is 5.33. The number of carbonyl (C=O) groups is 3. The average Bonchev–Trinajstić information content (AvgIpc) is 3.11. The summed E-state index contributed by atoms with van der Waals surface area (Å²) in [7, 11) is 0. The molecule has 5 atom stereocenters. The Hall–Kier alpha value is -5.78. The van der Waals surface area contributed by atoms with Gasteiger partial charge >= 0.3 is 23.5 Å². The SMILES string of the molecule is Cc1cc(=O)oc2cc(O[C@@H]3OC(CO)[C@H](OC(=O)c4ccccc4)C(OC(=O)c4ccccc4)C3OC(=O)c3ccccc3)ccc12. The predicted molar refractivity (Wildman–Crippen MR) is 171 cm³/mol. The number of carbonyl (C=O) groups excluding carboxylic acids is 3. The molecule has 11 nitrogen and oxygen atoms in total. The third-order valence-electron chi connectivity index (χ3n) is 7.70. The molecule has 6 rings (SSSR count). The maximum absolute atomic E-state index is 13.5. The lowest BCUT2D eigenvalue weighted by Gasteiger charge is -2.44.